The van der Waals surface area contributed by atoms with Crippen LogP contribution < -0.4 is 15.0 Å². The van der Waals surface area contributed by atoms with Crippen LogP contribution in [0, 0.1) is 0 Å². The van der Waals surface area contributed by atoms with Crippen molar-refractivity contribution in [1.29, 1.82) is 0 Å². The van der Waals surface area contributed by atoms with E-state index in [4.69, 9.17) is 9.15 Å². The number of carbonyl (C=O) groups is 2. The fourth-order valence-corrected chi connectivity index (χ4v) is 5.49. The van der Waals surface area contributed by atoms with Crippen molar-refractivity contribution >= 4 is 28.5 Å². The van der Waals surface area contributed by atoms with E-state index in [0.29, 0.717) is 7.11 Å². The number of halogens is 7. The molecule has 3 aromatic rings. The van der Waals surface area contributed by atoms with Crippen molar-refractivity contribution in [1.82, 2.24) is 15.5 Å². The second-order valence-corrected chi connectivity index (χ2v) is 12.2. The zero-order valence-corrected chi connectivity index (χ0v) is 25.1. The monoisotopic (exact) mass is 682 g/mol. The lowest BCUT2D eigenvalue weighted by Crippen LogP contribution is -2.51. The molecule has 1 aromatic heterocycles. The van der Waals surface area contributed by atoms with Gasteiger partial charge in [-0.15, -0.1) is 23.4 Å². The first-order valence-corrected chi connectivity index (χ1v) is 14.4. The van der Waals surface area contributed by atoms with Crippen LogP contribution in [0.3, 0.4) is 0 Å². The van der Waals surface area contributed by atoms with Crippen molar-refractivity contribution in [3.05, 3.63) is 53.9 Å². The van der Waals surface area contributed by atoms with Gasteiger partial charge in [0.05, 0.1) is 33.7 Å². The molecule has 0 saturated heterocycles. The molecule has 11 nitrogen and oxygen atoms in total. The van der Waals surface area contributed by atoms with Crippen molar-refractivity contribution in [2.45, 2.75) is 62.2 Å². The molecule has 250 valence electrons. The molecule has 3 atom stereocenters. The van der Waals surface area contributed by atoms with Gasteiger partial charge >= 0.3 is 24.5 Å². The van der Waals surface area contributed by atoms with Crippen LogP contribution in [-0.2, 0) is 37.5 Å². The predicted octanol–water partition coefficient (Wildman–Crippen LogP) is 5.51. The molecule has 1 N–H and O–H groups in total. The second kappa shape index (κ2) is 12.5. The van der Waals surface area contributed by atoms with Crippen LogP contribution in [0.25, 0.3) is 11.5 Å². The smallest absolute Gasteiger partial charge is 0.444 e. The Morgan fingerprint density at radius 3 is 2.26 bits per heavy atom. The second-order valence-electron chi connectivity index (χ2n) is 10.7. The number of carbonyl (C=O) groups excluding carboxylic acids is 2. The number of benzene rings is 2. The zero-order valence-electron chi connectivity index (χ0n) is 24.3. The number of hydrogen-bond acceptors (Lipinski definition) is 9. The molecule has 46 heavy (non-hydrogen) atoms. The highest BCUT2D eigenvalue weighted by Crippen LogP contribution is 2.43. The molecule has 2 heterocycles. The molecular weight excluding hydrogens is 657 g/mol. The molecule has 0 saturated carbocycles. The van der Waals surface area contributed by atoms with E-state index in [1.165, 1.54) is 30.3 Å². The number of ether oxygens (including phenoxy) is 3. The molecule has 0 bridgehead atoms. The van der Waals surface area contributed by atoms with E-state index >= 15 is 0 Å². The summed E-state index contributed by atoms with van der Waals surface area (Å²) in [6.07, 6.45) is -11.5. The quantitative estimate of drug-likeness (QED) is 0.320. The van der Waals surface area contributed by atoms with E-state index in [9.17, 15) is 44.5 Å². The fourth-order valence-electron chi connectivity index (χ4n) is 4.16. The number of hydrogen-bond donors (Lipinski definition) is 1. The Balaban J connectivity index is 1.76. The van der Waals surface area contributed by atoms with Crippen LogP contribution in [-0.4, -0.2) is 63.5 Å². The van der Waals surface area contributed by atoms with Gasteiger partial charge in [0.25, 0.3) is 11.8 Å². The largest absolute Gasteiger partial charge is 0.573 e. The minimum Gasteiger partial charge on any atom is -0.444 e. The highest BCUT2D eigenvalue weighted by atomic mass is 32.2. The third kappa shape index (κ3) is 7.75. The number of methoxy groups -OCH3 is 1. The van der Waals surface area contributed by atoms with Crippen LogP contribution in [0.1, 0.15) is 32.2 Å². The van der Waals surface area contributed by atoms with Crippen LogP contribution in [0.5, 0.6) is 5.75 Å². The number of alkyl halides is 7. The molecule has 19 heteroatoms. The number of anilines is 1. The van der Waals surface area contributed by atoms with E-state index in [0.717, 1.165) is 17.0 Å². The van der Waals surface area contributed by atoms with Crippen molar-refractivity contribution in [2.75, 3.05) is 17.8 Å². The normalized spacial score (nSPS) is 18.8. The molecule has 2 aromatic carbocycles. The first-order chi connectivity index (χ1) is 21.2. The SMILES string of the molecule is COC(F)(c1nnc(-c2ccc3c(c2)N(Cc2ccc(OC(F)(F)F)cc2)C(=O)[C@@H](NC(=O)OC(C)(C)C)CS3=O)o1)C(F)(F)F. The Labute approximate surface area is 258 Å². The van der Waals surface area contributed by atoms with Crippen LogP contribution in [0.4, 0.5) is 41.2 Å². The van der Waals surface area contributed by atoms with Gasteiger partial charge in [-0.2, -0.15) is 17.6 Å². The Bertz CT molecular complexity index is 1620. The van der Waals surface area contributed by atoms with Gasteiger partial charge in [-0.05, 0) is 56.7 Å². The first kappa shape index (κ1) is 34.6. The molecule has 1 aliphatic rings. The molecule has 0 fully saturated rings. The maximum absolute atomic E-state index is 14.6. The topological polar surface area (TPSA) is 133 Å². The Morgan fingerprint density at radius 1 is 1.04 bits per heavy atom. The number of fused-ring (bicyclic) bond motifs is 1. The van der Waals surface area contributed by atoms with E-state index in [2.05, 4.69) is 25.0 Å². The molecule has 0 aliphatic carbocycles. The number of alkyl carbamates (subject to hydrolysis) is 1. The third-order valence-electron chi connectivity index (χ3n) is 6.16. The number of rotatable bonds is 7. The summed E-state index contributed by atoms with van der Waals surface area (Å²) in [6, 6.07) is 6.67. The van der Waals surface area contributed by atoms with E-state index in [-0.39, 0.29) is 28.3 Å². The first-order valence-electron chi connectivity index (χ1n) is 13.0. The van der Waals surface area contributed by atoms with Crippen molar-refractivity contribution in [2.24, 2.45) is 0 Å². The molecule has 0 radical (unpaired) electrons. The molecule has 1 aliphatic heterocycles. The molecule has 2 amide bonds. The minimum absolute atomic E-state index is 0.0365. The summed E-state index contributed by atoms with van der Waals surface area (Å²) in [7, 11) is -1.53. The van der Waals surface area contributed by atoms with Gasteiger partial charge in [0.15, 0.2) is 0 Å². The maximum atomic E-state index is 14.6. The summed E-state index contributed by atoms with van der Waals surface area (Å²) < 4.78 is 124. The Hall–Kier alpha value is -4.26. The molecule has 2 unspecified atom stereocenters. The number of amides is 2. The average molecular weight is 683 g/mol. The van der Waals surface area contributed by atoms with Gasteiger partial charge in [0, 0.05) is 12.7 Å². The molecule has 4 rings (SSSR count). The highest BCUT2D eigenvalue weighted by molar-refractivity contribution is 7.85. The summed E-state index contributed by atoms with van der Waals surface area (Å²) >= 11 is 0. The van der Waals surface area contributed by atoms with Crippen LogP contribution in [0.2, 0.25) is 0 Å². The maximum Gasteiger partial charge on any atom is 0.573 e. The van der Waals surface area contributed by atoms with E-state index in [1.54, 1.807) is 20.8 Å². The van der Waals surface area contributed by atoms with Crippen molar-refractivity contribution in [3.8, 4) is 17.2 Å². The fraction of sp³-hybridized carbons (Fsp3) is 0.407. The van der Waals surface area contributed by atoms with Crippen LogP contribution in [0.15, 0.2) is 51.8 Å². The summed E-state index contributed by atoms with van der Waals surface area (Å²) in [5.74, 6) is -8.41. The molecular formula is C27H25F7N4O7S. The lowest BCUT2D eigenvalue weighted by Gasteiger charge is -2.27. The van der Waals surface area contributed by atoms with Crippen molar-refractivity contribution < 1.29 is 63.2 Å². The zero-order chi connectivity index (χ0) is 34.2. The lowest BCUT2D eigenvalue weighted by atomic mass is 10.1. The lowest BCUT2D eigenvalue weighted by molar-refractivity contribution is -0.341. The third-order valence-corrected chi connectivity index (χ3v) is 7.63. The van der Waals surface area contributed by atoms with E-state index < -0.39 is 76.1 Å². The summed E-state index contributed by atoms with van der Waals surface area (Å²) in [6.45, 7) is 4.37. The van der Waals surface area contributed by atoms with Crippen LogP contribution >= 0.6 is 0 Å². The van der Waals surface area contributed by atoms with Gasteiger partial charge in [0.2, 0.25) is 5.89 Å². The highest BCUT2D eigenvalue weighted by Gasteiger charge is 2.62. The van der Waals surface area contributed by atoms with E-state index in [1.807, 2.05) is 0 Å². The minimum atomic E-state index is -5.59. The number of nitrogens with one attached hydrogen (secondary N) is 1. The van der Waals surface area contributed by atoms with Gasteiger partial charge in [-0.25, -0.2) is 4.79 Å². The Morgan fingerprint density at radius 2 is 1.70 bits per heavy atom. The standard InChI is InChI=1S/C27H25F7N4O7S/c1-24(2,3)45-23(40)35-17-13-46(41)19-10-7-15(20-36-37-22(43-20)25(28,42-4)26(29,30)31)11-18(19)38(21(17)39)12-14-5-8-16(9-6-14)44-27(32,33)34/h5-11,17H,12-13H2,1-4H3,(H,35,40)/t17-,25?,46?/m0/s1. The number of nitrogens with zero attached hydrogens (tertiary/aromatic N) is 3. The predicted molar refractivity (Wildman–Crippen MR) is 144 cm³/mol. The van der Waals surface area contributed by atoms with Crippen molar-refractivity contribution in [3.63, 3.8) is 0 Å². The van der Waals surface area contributed by atoms with Gasteiger partial charge in [-0.3, -0.25) is 9.00 Å². The van der Waals surface area contributed by atoms with Gasteiger partial charge in [0.1, 0.15) is 17.4 Å². The molecule has 0 spiro atoms. The Kier molecular flexibility index (Phi) is 9.41. The van der Waals surface area contributed by atoms with Gasteiger partial charge in [-0.1, -0.05) is 12.1 Å². The summed E-state index contributed by atoms with van der Waals surface area (Å²) in [5, 5.41) is 8.97. The summed E-state index contributed by atoms with van der Waals surface area (Å²) in [4.78, 5) is 27.5. The van der Waals surface area contributed by atoms with Gasteiger partial charge < -0.3 is 28.8 Å². The average Bonchev–Trinajstić information content (AvgIpc) is 3.41. The summed E-state index contributed by atoms with van der Waals surface area (Å²) in [5.41, 5.74) is -0.904. The number of aromatic nitrogens is 2.